The van der Waals surface area contributed by atoms with Gasteiger partial charge in [0.05, 0.1) is 7.11 Å². The number of nitrogens with one attached hydrogen (secondary N) is 4. The third kappa shape index (κ3) is 6.25. The van der Waals surface area contributed by atoms with Gasteiger partial charge in [0, 0.05) is 30.7 Å². The number of rotatable bonds is 10. The van der Waals surface area contributed by atoms with E-state index in [1.807, 2.05) is 24.3 Å². The van der Waals surface area contributed by atoms with Gasteiger partial charge in [0.15, 0.2) is 11.6 Å². The van der Waals surface area contributed by atoms with Crippen molar-refractivity contribution < 1.29 is 18.7 Å². The van der Waals surface area contributed by atoms with Crippen LogP contribution in [0.5, 0.6) is 5.75 Å². The van der Waals surface area contributed by atoms with Crippen LogP contribution in [0.2, 0.25) is 0 Å². The van der Waals surface area contributed by atoms with Crippen LogP contribution < -0.4 is 20.7 Å². The second-order valence-electron chi connectivity index (χ2n) is 8.96. The molecule has 10 heteroatoms. The summed E-state index contributed by atoms with van der Waals surface area (Å²) in [7, 11) is 1.47. The monoisotopic (exact) mass is 494 g/mol. The lowest BCUT2D eigenvalue weighted by Gasteiger charge is -2.21. The normalized spacial score (nSPS) is 18.0. The maximum Gasteiger partial charge on any atom is 0.288 e. The Morgan fingerprint density at radius 1 is 1.11 bits per heavy atom. The highest BCUT2D eigenvalue weighted by Gasteiger charge is 2.27. The molecule has 2 amide bonds. The van der Waals surface area contributed by atoms with Crippen molar-refractivity contribution in [2.45, 2.75) is 44.2 Å². The number of benzene rings is 2. The molecule has 0 radical (unpaired) electrons. The minimum Gasteiger partial charge on any atom is -0.494 e. The standard InChI is InChI=1S/C26H31FN6O3/c1-16(19-8-10-22(27)23(14-19)36-2)32-21-9-7-20(13-21)17-3-5-18(6-4-17)25(34)28-11-12-29-26(35)24-30-15-31-33-24/h3-6,8,10,14-16,20-21,32H,7,9,11-13H2,1-2H3,(H,28,34)(H,29,35)(H,30,31,33). The molecular weight excluding hydrogens is 463 g/mol. The molecule has 36 heavy (non-hydrogen) atoms. The largest absolute Gasteiger partial charge is 0.494 e. The Bertz CT molecular complexity index is 1170. The van der Waals surface area contributed by atoms with E-state index in [0.717, 1.165) is 24.8 Å². The fourth-order valence-corrected chi connectivity index (χ4v) is 4.59. The number of hydrogen-bond donors (Lipinski definition) is 4. The van der Waals surface area contributed by atoms with E-state index < -0.39 is 0 Å². The Morgan fingerprint density at radius 2 is 1.86 bits per heavy atom. The van der Waals surface area contributed by atoms with Crippen molar-refractivity contribution in [3.63, 3.8) is 0 Å². The minimum atomic E-state index is -0.373. The molecule has 3 unspecified atom stereocenters. The van der Waals surface area contributed by atoms with Gasteiger partial charge in [-0.05, 0) is 67.5 Å². The molecule has 4 rings (SSSR count). The topological polar surface area (TPSA) is 121 Å². The van der Waals surface area contributed by atoms with E-state index >= 15 is 0 Å². The highest BCUT2D eigenvalue weighted by atomic mass is 19.1. The van der Waals surface area contributed by atoms with E-state index in [4.69, 9.17) is 4.74 Å². The summed E-state index contributed by atoms with van der Waals surface area (Å²) >= 11 is 0. The van der Waals surface area contributed by atoms with Crippen molar-refractivity contribution in [2.24, 2.45) is 0 Å². The van der Waals surface area contributed by atoms with Crippen LogP contribution in [0.15, 0.2) is 48.8 Å². The minimum absolute atomic E-state index is 0.0786. The average Bonchev–Trinajstić information content (AvgIpc) is 3.59. The van der Waals surface area contributed by atoms with Crippen molar-refractivity contribution >= 4 is 11.8 Å². The van der Waals surface area contributed by atoms with Gasteiger partial charge in [-0.3, -0.25) is 14.7 Å². The number of nitrogens with zero attached hydrogens (tertiary/aromatic N) is 2. The zero-order chi connectivity index (χ0) is 25.5. The molecular formula is C26H31FN6O3. The van der Waals surface area contributed by atoms with Crippen LogP contribution in [0.25, 0.3) is 0 Å². The molecule has 9 nitrogen and oxygen atoms in total. The predicted octanol–water partition coefficient (Wildman–Crippen LogP) is 3.10. The maximum absolute atomic E-state index is 13.7. The Hall–Kier alpha value is -3.79. The first-order chi connectivity index (χ1) is 17.4. The molecule has 3 aromatic rings. The third-order valence-corrected chi connectivity index (χ3v) is 6.56. The van der Waals surface area contributed by atoms with Crippen LogP contribution in [-0.2, 0) is 0 Å². The van der Waals surface area contributed by atoms with Crippen molar-refractivity contribution in [3.05, 3.63) is 77.1 Å². The van der Waals surface area contributed by atoms with E-state index in [0.29, 0.717) is 24.1 Å². The van der Waals surface area contributed by atoms with Gasteiger partial charge in [0.1, 0.15) is 6.33 Å². The quantitative estimate of drug-likeness (QED) is 0.322. The molecule has 1 saturated carbocycles. The first-order valence-electron chi connectivity index (χ1n) is 12.1. The molecule has 0 aliphatic heterocycles. The van der Waals surface area contributed by atoms with Crippen LogP contribution >= 0.6 is 0 Å². The third-order valence-electron chi connectivity index (χ3n) is 6.56. The van der Waals surface area contributed by atoms with Crippen LogP contribution in [0.4, 0.5) is 4.39 Å². The first kappa shape index (κ1) is 25.3. The Morgan fingerprint density at radius 3 is 2.56 bits per heavy atom. The van der Waals surface area contributed by atoms with Gasteiger partial charge in [-0.1, -0.05) is 18.2 Å². The fraction of sp³-hybridized carbons (Fsp3) is 0.385. The summed E-state index contributed by atoms with van der Waals surface area (Å²) < 4.78 is 18.8. The Balaban J connectivity index is 1.22. The van der Waals surface area contributed by atoms with E-state index in [9.17, 15) is 14.0 Å². The summed E-state index contributed by atoms with van der Waals surface area (Å²) in [5, 5.41) is 15.2. The molecule has 190 valence electrons. The van der Waals surface area contributed by atoms with Crippen molar-refractivity contribution in [1.82, 2.24) is 31.1 Å². The van der Waals surface area contributed by atoms with E-state index in [2.05, 4.69) is 38.1 Å². The summed E-state index contributed by atoms with van der Waals surface area (Å²) in [5.41, 5.74) is 2.78. The predicted molar refractivity (Wildman–Crippen MR) is 132 cm³/mol. The molecule has 1 heterocycles. The second-order valence-corrected chi connectivity index (χ2v) is 8.96. The number of H-pyrrole nitrogens is 1. The summed E-state index contributed by atoms with van der Waals surface area (Å²) in [6, 6.07) is 13.1. The average molecular weight is 495 g/mol. The van der Waals surface area contributed by atoms with Gasteiger partial charge in [-0.15, -0.1) is 0 Å². The summed E-state index contributed by atoms with van der Waals surface area (Å²) in [5.74, 6) is -0.119. The Kier molecular flexibility index (Phi) is 8.27. The molecule has 0 saturated heterocycles. The maximum atomic E-state index is 13.7. The molecule has 1 fully saturated rings. The molecule has 1 aliphatic rings. The lowest BCUT2D eigenvalue weighted by atomic mass is 9.96. The van der Waals surface area contributed by atoms with Crippen molar-refractivity contribution in [3.8, 4) is 5.75 Å². The van der Waals surface area contributed by atoms with Gasteiger partial charge in [0.25, 0.3) is 11.8 Å². The molecule has 0 spiro atoms. The number of aromatic nitrogens is 3. The number of methoxy groups -OCH3 is 1. The van der Waals surface area contributed by atoms with Gasteiger partial charge in [-0.2, -0.15) is 5.10 Å². The van der Waals surface area contributed by atoms with E-state index in [1.165, 1.54) is 25.1 Å². The van der Waals surface area contributed by atoms with Crippen molar-refractivity contribution in [1.29, 1.82) is 0 Å². The fourth-order valence-electron chi connectivity index (χ4n) is 4.59. The highest BCUT2D eigenvalue weighted by molar-refractivity contribution is 5.94. The number of aromatic amines is 1. The SMILES string of the molecule is COc1cc(C(C)NC2CCC(c3ccc(C(=O)NCCNC(=O)c4ncn[nH]4)cc3)C2)ccc1F. The highest BCUT2D eigenvalue weighted by Crippen LogP contribution is 2.36. The molecule has 1 aromatic heterocycles. The molecule has 3 atom stereocenters. The van der Waals surface area contributed by atoms with E-state index in [-0.39, 0.29) is 41.8 Å². The van der Waals surface area contributed by atoms with Gasteiger partial charge in [0.2, 0.25) is 5.82 Å². The number of carbonyl (C=O) groups excluding carboxylic acids is 2. The smallest absolute Gasteiger partial charge is 0.288 e. The van der Waals surface area contributed by atoms with Crippen molar-refractivity contribution in [2.75, 3.05) is 20.2 Å². The lowest BCUT2D eigenvalue weighted by molar-refractivity contribution is 0.0922. The molecule has 1 aliphatic carbocycles. The number of halogens is 1. The molecule has 0 bridgehead atoms. The summed E-state index contributed by atoms with van der Waals surface area (Å²) in [6.45, 7) is 2.66. The van der Waals surface area contributed by atoms with Gasteiger partial charge in [-0.25, -0.2) is 9.37 Å². The van der Waals surface area contributed by atoms with Gasteiger partial charge >= 0.3 is 0 Å². The van der Waals surface area contributed by atoms with Crippen LogP contribution in [0.1, 0.15) is 70.2 Å². The zero-order valence-corrected chi connectivity index (χ0v) is 20.4. The summed E-state index contributed by atoms with van der Waals surface area (Å²) in [6.07, 6.45) is 4.37. The van der Waals surface area contributed by atoms with Gasteiger partial charge < -0.3 is 20.7 Å². The Labute approximate surface area is 209 Å². The lowest BCUT2D eigenvalue weighted by Crippen LogP contribution is -2.35. The molecule has 4 N–H and O–H groups in total. The molecule has 2 aromatic carbocycles. The number of ether oxygens (including phenoxy) is 1. The number of hydrogen-bond acceptors (Lipinski definition) is 6. The first-order valence-corrected chi connectivity index (χ1v) is 12.1. The second kappa shape index (κ2) is 11.8. The number of carbonyl (C=O) groups is 2. The van der Waals surface area contributed by atoms with Crippen LogP contribution in [0, 0.1) is 5.82 Å². The van der Waals surface area contributed by atoms with E-state index in [1.54, 1.807) is 12.1 Å². The van der Waals surface area contributed by atoms with Crippen LogP contribution in [0.3, 0.4) is 0 Å². The zero-order valence-electron chi connectivity index (χ0n) is 20.4. The number of amides is 2. The summed E-state index contributed by atoms with van der Waals surface area (Å²) in [4.78, 5) is 28.0. The van der Waals surface area contributed by atoms with Crippen LogP contribution in [-0.4, -0.2) is 53.2 Å².